The van der Waals surface area contributed by atoms with Crippen LogP contribution >= 0.6 is 0 Å². The summed E-state index contributed by atoms with van der Waals surface area (Å²) >= 11 is 0. The van der Waals surface area contributed by atoms with Crippen LogP contribution in [0.15, 0.2) is 36.4 Å². The predicted octanol–water partition coefficient (Wildman–Crippen LogP) is 4.66. The number of Topliss-reactive ketones (excluding diaryl/α,β-unsaturated/α-hetero) is 1. The van der Waals surface area contributed by atoms with Crippen molar-refractivity contribution in [2.24, 2.45) is 0 Å². The molecule has 26 heavy (non-hydrogen) atoms. The van der Waals surface area contributed by atoms with E-state index in [0.29, 0.717) is 11.1 Å². The Morgan fingerprint density at radius 2 is 1.77 bits per heavy atom. The number of nitrogens with zero attached hydrogens (tertiary/aromatic N) is 1. The molecule has 0 unspecified atom stereocenters. The van der Waals surface area contributed by atoms with Crippen molar-refractivity contribution in [2.75, 3.05) is 4.90 Å². The standard InChI is InChI=1S/C19H15F4NO2/c1-11-2-3-12(8-15(11)20)10-24-16-9-13(19(21,22)23)4-5-14(16)17(25)6-7-18(24)26/h2-5,8-9H,6-7,10H2,1H3. The molecule has 0 N–H and O–H groups in total. The molecule has 0 saturated heterocycles. The topological polar surface area (TPSA) is 37.4 Å². The predicted molar refractivity (Wildman–Crippen MR) is 87.3 cm³/mol. The molecule has 3 rings (SSSR count). The summed E-state index contributed by atoms with van der Waals surface area (Å²) in [5.41, 5.74) is -0.117. The summed E-state index contributed by atoms with van der Waals surface area (Å²) in [7, 11) is 0. The lowest BCUT2D eigenvalue weighted by Crippen LogP contribution is -2.30. The molecule has 0 saturated carbocycles. The van der Waals surface area contributed by atoms with Gasteiger partial charge < -0.3 is 4.90 Å². The lowest BCUT2D eigenvalue weighted by Gasteiger charge is -2.24. The van der Waals surface area contributed by atoms with Gasteiger partial charge in [-0.25, -0.2) is 4.39 Å². The quantitative estimate of drug-likeness (QED) is 0.726. The zero-order valence-electron chi connectivity index (χ0n) is 13.9. The third-order valence-corrected chi connectivity index (χ3v) is 4.36. The van der Waals surface area contributed by atoms with Crippen molar-refractivity contribution in [3.05, 3.63) is 64.5 Å². The number of aryl methyl sites for hydroxylation is 1. The van der Waals surface area contributed by atoms with Crippen LogP contribution in [0.1, 0.15) is 39.9 Å². The van der Waals surface area contributed by atoms with Crippen LogP contribution in [-0.2, 0) is 17.5 Å². The van der Waals surface area contributed by atoms with Gasteiger partial charge in [0, 0.05) is 18.4 Å². The Balaban J connectivity index is 2.08. The molecule has 2 aromatic rings. The van der Waals surface area contributed by atoms with Crippen LogP contribution < -0.4 is 4.90 Å². The smallest absolute Gasteiger partial charge is 0.307 e. The van der Waals surface area contributed by atoms with Crippen molar-refractivity contribution in [1.82, 2.24) is 0 Å². The van der Waals surface area contributed by atoms with E-state index in [-0.39, 0.29) is 36.4 Å². The van der Waals surface area contributed by atoms with E-state index in [0.717, 1.165) is 23.1 Å². The summed E-state index contributed by atoms with van der Waals surface area (Å²) in [6.45, 7) is 1.47. The van der Waals surface area contributed by atoms with Crippen molar-refractivity contribution in [3.8, 4) is 0 Å². The Hall–Kier alpha value is -2.70. The van der Waals surface area contributed by atoms with E-state index in [2.05, 4.69) is 0 Å². The van der Waals surface area contributed by atoms with E-state index in [4.69, 9.17) is 0 Å². The van der Waals surface area contributed by atoms with E-state index < -0.39 is 23.5 Å². The Morgan fingerprint density at radius 1 is 1.04 bits per heavy atom. The second-order valence-electron chi connectivity index (χ2n) is 6.22. The summed E-state index contributed by atoms with van der Waals surface area (Å²) in [6.07, 6.45) is -4.78. The summed E-state index contributed by atoms with van der Waals surface area (Å²) in [4.78, 5) is 25.8. The van der Waals surface area contributed by atoms with Crippen LogP contribution in [-0.4, -0.2) is 11.7 Å². The highest BCUT2D eigenvalue weighted by Gasteiger charge is 2.34. The van der Waals surface area contributed by atoms with Gasteiger partial charge in [-0.3, -0.25) is 9.59 Å². The Bertz CT molecular complexity index is 890. The van der Waals surface area contributed by atoms with Crippen molar-refractivity contribution in [3.63, 3.8) is 0 Å². The van der Waals surface area contributed by atoms with Gasteiger partial charge >= 0.3 is 6.18 Å². The lowest BCUT2D eigenvalue weighted by molar-refractivity contribution is -0.137. The molecule has 0 radical (unpaired) electrons. The number of amides is 1. The molecule has 1 aliphatic rings. The normalized spacial score (nSPS) is 15.0. The number of ketones is 1. The molecular formula is C19H15F4NO2. The van der Waals surface area contributed by atoms with Crippen LogP contribution in [0.25, 0.3) is 0 Å². The first kappa shape index (κ1) is 18.1. The number of benzene rings is 2. The van der Waals surface area contributed by atoms with Crippen molar-refractivity contribution in [1.29, 1.82) is 0 Å². The van der Waals surface area contributed by atoms with E-state index in [1.165, 1.54) is 12.1 Å². The summed E-state index contributed by atoms with van der Waals surface area (Å²) in [5.74, 6) is -1.33. The van der Waals surface area contributed by atoms with Crippen molar-refractivity contribution < 1.29 is 27.2 Å². The number of halogens is 4. The number of hydrogen-bond acceptors (Lipinski definition) is 2. The Morgan fingerprint density at radius 3 is 2.42 bits per heavy atom. The van der Waals surface area contributed by atoms with E-state index in [1.807, 2.05) is 0 Å². The average molecular weight is 365 g/mol. The molecular weight excluding hydrogens is 350 g/mol. The van der Waals surface area contributed by atoms with Gasteiger partial charge in [0.05, 0.1) is 17.8 Å². The van der Waals surface area contributed by atoms with Gasteiger partial charge in [0.1, 0.15) is 5.82 Å². The molecule has 7 heteroatoms. The maximum absolute atomic E-state index is 13.8. The zero-order valence-corrected chi connectivity index (χ0v) is 13.9. The number of hydrogen-bond donors (Lipinski definition) is 0. The summed E-state index contributed by atoms with van der Waals surface area (Å²) < 4.78 is 53.0. The minimum Gasteiger partial charge on any atom is -0.307 e. The fourth-order valence-electron chi connectivity index (χ4n) is 2.88. The van der Waals surface area contributed by atoms with Crippen LogP contribution in [0.5, 0.6) is 0 Å². The third kappa shape index (κ3) is 3.47. The Labute approximate surface area is 147 Å². The average Bonchev–Trinajstić information content (AvgIpc) is 2.69. The van der Waals surface area contributed by atoms with E-state index >= 15 is 0 Å². The molecule has 3 nitrogen and oxygen atoms in total. The van der Waals surface area contributed by atoms with Gasteiger partial charge in [-0.15, -0.1) is 0 Å². The van der Waals surface area contributed by atoms with Crippen LogP contribution in [0, 0.1) is 12.7 Å². The molecule has 2 aromatic carbocycles. The monoisotopic (exact) mass is 365 g/mol. The molecule has 0 spiro atoms. The molecule has 0 atom stereocenters. The number of alkyl halides is 3. The van der Waals surface area contributed by atoms with E-state index in [9.17, 15) is 27.2 Å². The first-order chi connectivity index (χ1) is 12.2. The number of fused-ring (bicyclic) bond motifs is 1. The highest BCUT2D eigenvalue weighted by atomic mass is 19.4. The van der Waals surface area contributed by atoms with Gasteiger partial charge in [-0.2, -0.15) is 13.2 Å². The highest BCUT2D eigenvalue weighted by Crippen LogP contribution is 2.36. The van der Waals surface area contributed by atoms with Gasteiger partial charge in [0.25, 0.3) is 0 Å². The number of carbonyl (C=O) groups is 2. The van der Waals surface area contributed by atoms with Crippen molar-refractivity contribution >= 4 is 17.4 Å². The van der Waals surface area contributed by atoms with Crippen LogP contribution in [0.2, 0.25) is 0 Å². The number of anilines is 1. The molecule has 1 aliphatic heterocycles. The first-order valence-corrected chi connectivity index (χ1v) is 7.96. The maximum atomic E-state index is 13.8. The molecule has 0 aliphatic carbocycles. The molecule has 0 fully saturated rings. The fourth-order valence-corrected chi connectivity index (χ4v) is 2.88. The zero-order chi connectivity index (χ0) is 19.1. The minimum absolute atomic E-state index is 0.0661. The number of carbonyl (C=O) groups excluding carboxylic acids is 2. The maximum Gasteiger partial charge on any atom is 0.416 e. The first-order valence-electron chi connectivity index (χ1n) is 7.96. The van der Waals surface area contributed by atoms with Gasteiger partial charge in [-0.05, 0) is 42.3 Å². The van der Waals surface area contributed by atoms with Gasteiger partial charge in [-0.1, -0.05) is 12.1 Å². The highest BCUT2D eigenvalue weighted by molar-refractivity contribution is 6.10. The van der Waals surface area contributed by atoms with Crippen LogP contribution in [0.4, 0.5) is 23.2 Å². The van der Waals surface area contributed by atoms with E-state index in [1.54, 1.807) is 13.0 Å². The fraction of sp³-hybridized carbons (Fsp3) is 0.263. The largest absolute Gasteiger partial charge is 0.416 e. The summed E-state index contributed by atoms with van der Waals surface area (Å²) in [5, 5.41) is 0. The van der Waals surface area contributed by atoms with Crippen LogP contribution in [0.3, 0.4) is 0 Å². The third-order valence-electron chi connectivity index (χ3n) is 4.36. The molecule has 0 aromatic heterocycles. The van der Waals surface area contributed by atoms with Gasteiger partial charge in [0.2, 0.25) is 5.91 Å². The number of rotatable bonds is 2. The molecule has 0 bridgehead atoms. The molecule has 1 heterocycles. The lowest BCUT2D eigenvalue weighted by atomic mass is 10.0. The van der Waals surface area contributed by atoms with Gasteiger partial charge in [0.15, 0.2) is 5.78 Å². The molecule has 136 valence electrons. The summed E-state index contributed by atoms with van der Waals surface area (Å²) in [6, 6.07) is 7.11. The van der Waals surface area contributed by atoms with Crippen molar-refractivity contribution in [2.45, 2.75) is 32.5 Å². The second kappa shape index (κ2) is 6.55. The second-order valence-corrected chi connectivity index (χ2v) is 6.22. The SMILES string of the molecule is Cc1ccc(CN2C(=O)CCC(=O)c3ccc(C(F)(F)F)cc32)cc1F. The molecule has 1 amide bonds. The Kier molecular flexibility index (Phi) is 4.56. The minimum atomic E-state index is -4.60.